The number of halogens is 3. The summed E-state index contributed by atoms with van der Waals surface area (Å²) in [5, 5.41) is 6.62. The number of alkyl halides is 3. The quantitative estimate of drug-likeness (QED) is 0.584. The van der Waals surface area contributed by atoms with Gasteiger partial charge in [0, 0.05) is 25.0 Å². The van der Waals surface area contributed by atoms with Crippen molar-refractivity contribution < 1.29 is 13.2 Å². The lowest BCUT2D eigenvalue weighted by Gasteiger charge is -2.08. The molecule has 0 amide bonds. The first kappa shape index (κ1) is 17.8. The highest BCUT2D eigenvalue weighted by Crippen LogP contribution is 2.27. The Morgan fingerprint density at radius 1 is 1.00 bits per heavy atom. The molecular weight excluding hydrogens is 371 g/mol. The van der Waals surface area contributed by atoms with Gasteiger partial charge in [0.1, 0.15) is 11.5 Å². The third-order valence-corrected chi connectivity index (χ3v) is 4.13. The van der Waals surface area contributed by atoms with E-state index >= 15 is 0 Å². The molecule has 9 heteroatoms. The Morgan fingerprint density at radius 2 is 1.79 bits per heavy atom. The van der Waals surface area contributed by atoms with E-state index < -0.39 is 11.9 Å². The maximum Gasteiger partial charge on any atom is 0.435 e. The fourth-order valence-corrected chi connectivity index (χ4v) is 2.72. The van der Waals surface area contributed by atoms with Gasteiger partial charge in [-0.2, -0.15) is 18.3 Å². The molecule has 4 rings (SSSR count). The van der Waals surface area contributed by atoms with Crippen molar-refractivity contribution in [3.63, 3.8) is 0 Å². The van der Waals surface area contributed by atoms with Crippen LogP contribution in [0.4, 0.5) is 19.0 Å². The molecule has 0 aliphatic heterocycles. The number of anilines is 1. The Hall–Kier alpha value is -3.62. The average Bonchev–Trinajstić information content (AvgIpc) is 3.18. The number of fused-ring (bicyclic) bond motifs is 1. The van der Waals surface area contributed by atoms with Crippen LogP contribution in [0.15, 0.2) is 71.8 Å². The highest BCUT2D eigenvalue weighted by molar-refractivity contribution is 5.46. The highest BCUT2D eigenvalue weighted by Gasteiger charge is 2.33. The van der Waals surface area contributed by atoms with Gasteiger partial charge in [-0.05, 0) is 35.9 Å². The second kappa shape index (κ2) is 6.84. The lowest BCUT2D eigenvalue weighted by molar-refractivity contribution is -0.141. The molecule has 28 heavy (non-hydrogen) atoms. The molecule has 0 spiro atoms. The van der Waals surface area contributed by atoms with E-state index in [9.17, 15) is 18.0 Å². The summed E-state index contributed by atoms with van der Waals surface area (Å²) in [5.41, 5.74) is 0.796. The SMILES string of the molecule is O=c1cc(NCc2ccc(-n3ccc(C(F)(F)F)n3)cc2)nc2ccccn12. The molecule has 0 unspecified atom stereocenters. The van der Waals surface area contributed by atoms with Gasteiger partial charge in [0.15, 0.2) is 5.69 Å². The van der Waals surface area contributed by atoms with Crippen molar-refractivity contribution in [1.29, 1.82) is 0 Å². The summed E-state index contributed by atoms with van der Waals surface area (Å²) in [7, 11) is 0. The Kier molecular flexibility index (Phi) is 4.34. The summed E-state index contributed by atoms with van der Waals surface area (Å²) in [6.45, 7) is 0.405. The smallest absolute Gasteiger partial charge is 0.366 e. The van der Waals surface area contributed by atoms with Crippen LogP contribution in [0.3, 0.4) is 0 Å². The Labute approximate surface area is 156 Å². The second-order valence-corrected chi connectivity index (χ2v) is 6.07. The van der Waals surface area contributed by atoms with E-state index in [-0.39, 0.29) is 5.56 Å². The normalized spacial score (nSPS) is 11.7. The monoisotopic (exact) mass is 385 g/mol. The number of benzene rings is 1. The topological polar surface area (TPSA) is 64.2 Å². The zero-order valence-electron chi connectivity index (χ0n) is 14.4. The molecule has 0 saturated heterocycles. The van der Waals surface area contributed by atoms with Crippen molar-refractivity contribution in [3.8, 4) is 5.69 Å². The molecule has 1 N–H and O–H groups in total. The molecule has 3 aromatic heterocycles. The second-order valence-electron chi connectivity index (χ2n) is 6.07. The van der Waals surface area contributed by atoms with E-state index in [1.54, 1.807) is 48.7 Å². The lowest BCUT2D eigenvalue weighted by Crippen LogP contribution is -2.15. The molecule has 0 fully saturated rings. The summed E-state index contributed by atoms with van der Waals surface area (Å²) in [5.74, 6) is 0.446. The maximum absolute atomic E-state index is 12.7. The number of hydrogen-bond donors (Lipinski definition) is 1. The minimum Gasteiger partial charge on any atom is -0.366 e. The predicted octanol–water partition coefficient (Wildman–Crippen LogP) is 3.51. The Bertz CT molecular complexity index is 1180. The molecular formula is C19H14F3N5O. The molecule has 142 valence electrons. The average molecular weight is 385 g/mol. The lowest BCUT2D eigenvalue weighted by atomic mass is 10.2. The van der Waals surface area contributed by atoms with Crippen LogP contribution in [-0.2, 0) is 12.7 Å². The number of hydrogen-bond acceptors (Lipinski definition) is 4. The minimum absolute atomic E-state index is 0.192. The molecule has 0 bridgehead atoms. The minimum atomic E-state index is -4.47. The zero-order valence-corrected chi connectivity index (χ0v) is 14.4. The third-order valence-electron chi connectivity index (χ3n) is 4.13. The van der Waals surface area contributed by atoms with E-state index in [2.05, 4.69) is 15.4 Å². The number of pyridine rings is 1. The van der Waals surface area contributed by atoms with Crippen molar-refractivity contribution >= 4 is 11.5 Å². The number of nitrogens with one attached hydrogen (secondary N) is 1. The molecule has 0 aliphatic rings. The van der Waals surface area contributed by atoms with Crippen molar-refractivity contribution in [1.82, 2.24) is 19.2 Å². The van der Waals surface area contributed by atoms with Gasteiger partial charge < -0.3 is 5.32 Å². The standard InChI is InChI=1S/C19H14F3N5O/c20-19(21,22)15-8-10-27(25-15)14-6-4-13(5-7-14)12-23-16-11-18(28)26-9-2-1-3-17(26)24-16/h1-11,23H,12H2. The van der Waals surface area contributed by atoms with Crippen LogP contribution in [-0.4, -0.2) is 19.2 Å². The van der Waals surface area contributed by atoms with Gasteiger partial charge in [-0.25, -0.2) is 9.67 Å². The molecule has 6 nitrogen and oxygen atoms in total. The van der Waals surface area contributed by atoms with Crippen LogP contribution < -0.4 is 10.9 Å². The number of rotatable bonds is 4. The summed E-state index contributed by atoms with van der Waals surface area (Å²) in [4.78, 5) is 16.5. The van der Waals surface area contributed by atoms with Crippen LogP contribution in [0.2, 0.25) is 0 Å². The van der Waals surface area contributed by atoms with E-state index in [1.807, 2.05) is 0 Å². The van der Waals surface area contributed by atoms with Gasteiger partial charge in [0.25, 0.3) is 5.56 Å². The van der Waals surface area contributed by atoms with Crippen LogP contribution >= 0.6 is 0 Å². The van der Waals surface area contributed by atoms with Gasteiger partial charge in [-0.3, -0.25) is 9.20 Å². The van der Waals surface area contributed by atoms with Crippen LogP contribution in [0.25, 0.3) is 11.3 Å². The van der Waals surface area contributed by atoms with Gasteiger partial charge in [0.05, 0.1) is 5.69 Å². The van der Waals surface area contributed by atoms with Gasteiger partial charge in [0.2, 0.25) is 0 Å². The zero-order chi connectivity index (χ0) is 19.7. The molecule has 0 saturated carbocycles. The summed E-state index contributed by atoms with van der Waals surface area (Å²) < 4.78 is 40.6. The molecule has 4 aromatic rings. The van der Waals surface area contributed by atoms with Crippen LogP contribution in [0.5, 0.6) is 0 Å². The Morgan fingerprint density at radius 3 is 2.50 bits per heavy atom. The van der Waals surface area contributed by atoms with Crippen LogP contribution in [0, 0.1) is 0 Å². The van der Waals surface area contributed by atoms with E-state index in [4.69, 9.17) is 0 Å². The summed E-state index contributed by atoms with van der Waals surface area (Å²) >= 11 is 0. The fraction of sp³-hybridized carbons (Fsp3) is 0.105. The third kappa shape index (κ3) is 3.59. The molecule has 0 aliphatic carbocycles. The van der Waals surface area contributed by atoms with Crippen LogP contribution in [0.1, 0.15) is 11.3 Å². The molecule has 1 aromatic carbocycles. The van der Waals surface area contributed by atoms with E-state index in [1.165, 1.54) is 21.3 Å². The van der Waals surface area contributed by atoms with E-state index in [0.29, 0.717) is 23.7 Å². The van der Waals surface area contributed by atoms with Crippen molar-refractivity contribution in [2.75, 3.05) is 5.32 Å². The van der Waals surface area contributed by atoms with E-state index in [0.717, 1.165) is 11.6 Å². The highest BCUT2D eigenvalue weighted by atomic mass is 19.4. The van der Waals surface area contributed by atoms with Crippen molar-refractivity contribution in [2.24, 2.45) is 0 Å². The first-order chi connectivity index (χ1) is 13.4. The predicted molar refractivity (Wildman–Crippen MR) is 97.4 cm³/mol. The first-order valence-corrected chi connectivity index (χ1v) is 8.35. The number of aromatic nitrogens is 4. The largest absolute Gasteiger partial charge is 0.435 e. The maximum atomic E-state index is 12.7. The van der Waals surface area contributed by atoms with Crippen molar-refractivity contribution in [2.45, 2.75) is 12.7 Å². The Balaban J connectivity index is 1.48. The molecule has 0 atom stereocenters. The van der Waals surface area contributed by atoms with Gasteiger partial charge in [-0.15, -0.1) is 0 Å². The number of nitrogens with zero attached hydrogens (tertiary/aromatic N) is 4. The fourth-order valence-electron chi connectivity index (χ4n) is 2.72. The van der Waals surface area contributed by atoms with Gasteiger partial charge >= 0.3 is 6.18 Å². The first-order valence-electron chi connectivity index (χ1n) is 8.35. The summed E-state index contributed by atoms with van der Waals surface area (Å²) in [6.07, 6.45) is -1.56. The molecule has 0 radical (unpaired) electrons. The van der Waals surface area contributed by atoms with Gasteiger partial charge in [-0.1, -0.05) is 18.2 Å². The summed E-state index contributed by atoms with van der Waals surface area (Å²) in [6, 6.07) is 14.5. The van der Waals surface area contributed by atoms with Crippen molar-refractivity contribution in [3.05, 3.63) is 88.6 Å². The molecule has 3 heterocycles.